The topological polar surface area (TPSA) is 79.5 Å². The monoisotopic (exact) mass is 329 g/mol. The minimum Gasteiger partial charge on any atom is -0.478 e. The maximum atomic E-state index is 12.4. The van der Waals surface area contributed by atoms with Crippen molar-refractivity contribution in [3.8, 4) is 0 Å². The van der Waals surface area contributed by atoms with Crippen LogP contribution in [0.25, 0.3) is 11.0 Å². The van der Waals surface area contributed by atoms with Gasteiger partial charge in [-0.25, -0.2) is 4.79 Å². The number of fused-ring (bicyclic) bond motifs is 1. The number of hydrogen-bond acceptors (Lipinski definition) is 3. The van der Waals surface area contributed by atoms with Crippen LogP contribution < -0.4 is 5.32 Å². The average molecular weight is 330 g/mol. The Labute approximate surface area is 136 Å². The number of halogens is 1. The number of nitrogens with one attached hydrogen (secondary N) is 1. The highest BCUT2D eigenvalue weighted by atomic mass is 35.5. The van der Waals surface area contributed by atoms with Gasteiger partial charge in [0.1, 0.15) is 5.58 Å². The second kappa shape index (κ2) is 5.78. The van der Waals surface area contributed by atoms with Gasteiger partial charge in [0.25, 0.3) is 5.91 Å². The van der Waals surface area contributed by atoms with E-state index in [1.807, 2.05) is 0 Å². The lowest BCUT2D eigenvalue weighted by atomic mass is 10.1. The number of furan rings is 1. The molecule has 23 heavy (non-hydrogen) atoms. The molecule has 3 aromatic rings. The fraction of sp³-hybridized carbons (Fsp3) is 0.0588. The van der Waals surface area contributed by atoms with Crippen molar-refractivity contribution >= 4 is 40.1 Å². The lowest BCUT2D eigenvalue weighted by molar-refractivity contribution is 0.0698. The van der Waals surface area contributed by atoms with E-state index < -0.39 is 11.9 Å². The fourth-order valence-electron chi connectivity index (χ4n) is 2.31. The number of anilines is 1. The third kappa shape index (κ3) is 2.91. The highest BCUT2D eigenvalue weighted by Crippen LogP contribution is 2.25. The molecule has 1 amide bonds. The van der Waals surface area contributed by atoms with Crippen LogP contribution in [-0.2, 0) is 0 Å². The second-order valence-corrected chi connectivity index (χ2v) is 5.49. The first kappa shape index (κ1) is 15.1. The molecule has 0 bridgehead atoms. The Hall–Kier alpha value is -2.79. The van der Waals surface area contributed by atoms with E-state index in [1.165, 1.54) is 6.07 Å². The smallest absolute Gasteiger partial charge is 0.337 e. The van der Waals surface area contributed by atoms with E-state index in [4.69, 9.17) is 16.0 Å². The first-order valence-corrected chi connectivity index (χ1v) is 7.17. The molecule has 0 fully saturated rings. The number of hydrogen-bond donors (Lipinski definition) is 2. The molecule has 6 heteroatoms. The first-order valence-electron chi connectivity index (χ1n) is 6.79. The Morgan fingerprint density at radius 1 is 1.17 bits per heavy atom. The molecule has 0 radical (unpaired) electrons. The maximum absolute atomic E-state index is 12.4. The number of benzene rings is 2. The van der Waals surface area contributed by atoms with Crippen molar-refractivity contribution in [1.82, 2.24) is 0 Å². The molecular weight excluding hydrogens is 318 g/mol. The third-order valence-electron chi connectivity index (χ3n) is 3.44. The number of aromatic carboxylic acids is 1. The molecule has 2 aromatic carbocycles. The zero-order valence-corrected chi connectivity index (χ0v) is 12.8. The van der Waals surface area contributed by atoms with Gasteiger partial charge in [-0.05, 0) is 42.8 Å². The van der Waals surface area contributed by atoms with Crippen molar-refractivity contribution in [3.05, 3.63) is 64.4 Å². The fourth-order valence-corrected chi connectivity index (χ4v) is 2.49. The van der Waals surface area contributed by atoms with Gasteiger partial charge in [0.2, 0.25) is 0 Å². The molecule has 0 saturated carbocycles. The van der Waals surface area contributed by atoms with E-state index in [0.29, 0.717) is 21.6 Å². The van der Waals surface area contributed by atoms with Gasteiger partial charge in [0, 0.05) is 10.4 Å². The molecule has 1 aromatic heterocycles. The van der Waals surface area contributed by atoms with E-state index in [1.54, 1.807) is 43.3 Å². The van der Waals surface area contributed by atoms with Crippen LogP contribution in [0.4, 0.5) is 5.69 Å². The number of carboxylic acid groups (broad SMARTS) is 1. The molecule has 0 atom stereocenters. The van der Waals surface area contributed by atoms with Crippen LogP contribution >= 0.6 is 11.6 Å². The van der Waals surface area contributed by atoms with Gasteiger partial charge in [-0.3, -0.25) is 4.79 Å². The second-order valence-electron chi connectivity index (χ2n) is 5.05. The zero-order chi connectivity index (χ0) is 16.6. The van der Waals surface area contributed by atoms with Gasteiger partial charge < -0.3 is 14.8 Å². The average Bonchev–Trinajstić information content (AvgIpc) is 2.92. The maximum Gasteiger partial charge on any atom is 0.337 e. The molecular formula is C17H12ClNO4. The standard InChI is InChI=1S/C17H12ClNO4/c1-9-3-2-4-12(17(21)22)15(9)19-16(20)14-8-10-7-11(18)5-6-13(10)23-14/h2-8H,1H3,(H,19,20)(H,21,22). The van der Waals surface area contributed by atoms with E-state index in [0.717, 1.165) is 0 Å². The number of para-hydroxylation sites is 1. The zero-order valence-electron chi connectivity index (χ0n) is 12.1. The van der Waals surface area contributed by atoms with Crippen molar-refractivity contribution in [3.63, 3.8) is 0 Å². The van der Waals surface area contributed by atoms with Crippen LogP contribution in [0.3, 0.4) is 0 Å². The largest absolute Gasteiger partial charge is 0.478 e. The summed E-state index contributed by atoms with van der Waals surface area (Å²) in [4.78, 5) is 23.6. The van der Waals surface area contributed by atoms with Gasteiger partial charge in [0.15, 0.2) is 5.76 Å². The molecule has 2 N–H and O–H groups in total. The highest BCUT2D eigenvalue weighted by molar-refractivity contribution is 6.31. The molecule has 1 heterocycles. The van der Waals surface area contributed by atoms with Crippen molar-refractivity contribution in [1.29, 1.82) is 0 Å². The van der Waals surface area contributed by atoms with Crippen LogP contribution in [0.15, 0.2) is 46.9 Å². The molecule has 0 saturated heterocycles. The summed E-state index contributed by atoms with van der Waals surface area (Å²) in [5, 5.41) is 13.1. The lowest BCUT2D eigenvalue weighted by Crippen LogP contribution is -2.15. The van der Waals surface area contributed by atoms with E-state index in [2.05, 4.69) is 5.32 Å². The SMILES string of the molecule is Cc1cccc(C(=O)O)c1NC(=O)c1cc2cc(Cl)ccc2o1. The van der Waals surface area contributed by atoms with Crippen LogP contribution in [0.1, 0.15) is 26.5 Å². The first-order chi connectivity index (χ1) is 11.0. The summed E-state index contributed by atoms with van der Waals surface area (Å²) in [7, 11) is 0. The van der Waals surface area contributed by atoms with Crippen LogP contribution in [0.2, 0.25) is 5.02 Å². The summed E-state index contributed by atoms with van der Waals surface area (Å²) < 4.78 is 5.48. The number of aryl methyl sites for hydroxylation is 1. The van der Waals surface area contributed by atoms with E-state index >= 15 is 0 Å². The quantitative estimate of drug-likeness (QED) is 0.749. The molecule has 0 aliphatic heterocycles. The number of carboxylic acids is 1. The molecule has 5 nitrogen and oxygen atoms in total. The molecule has 0 unspecified atom stereocenters. The molecule has 0 aliphatic carbocycles. The summed E-state index contributed by atoms with van der Waals surface area (Å²) in [5.41, 5.74) is 1.46. The number of carbonyl (C=O) groups is 2. The van der Waals surface area contributed by atoms with Crippen molar-refractivity contribution in [2.24, 2.45) is 0 Å². The van der Waals surface area contributed by atoms with Gasteiger partial charge in [0.05, 0.1) is 11.3 Å². The Morgan fingerprint density at radius 3 is 2.70 bits per heavy atom. The number of rotatable bonds is 3. The summed E-state index contributed by atoms with van der Waals surface area (Å²) in [6.07, 6.45) is 0. The van der Waals surface area contributed by atoms with Crippen LogP contribution in [0.5, 0.6) is 0 Å². The molecule has 116 valence electrons. The molecule has 0 aliphatic rings. The van der Waals surface area contributed by atoms with Gasteiger partial charge in [-0.15, -0.1) is 0 Å². The Kier molecular flexibility index (Phi) is 3.80. The normalized spacial score (nSPS) is 10.7. The lowest BCUT2D eigenvalue weighted by Gasteiger charge is -2.10. The summed E-state index contributed by atoms with van der Waals surface area (Å²) in [6.45, 7) is 1.72. The Bertz CT molecular complexity index is 929. The van der Waals surface area contributed by atoms with Crippen LogP contribution in [0, 0.1) is 6.92 Å². The van der Waals surface area contributed by atoms with Gasteiger partial charge in [-0.2, -0.15) is 0 Å². The summed E-state index contributed by atoms with van der Waals surface area (Å²) in [5.74, 6) is -1.55. The van der Waals surface area contributed by atoms with Crippen molar-refractivity contribution < 1.29 is 19.1 Å². The summed E-state index contributed by atoms with van der Waals surface area (Å²) in [6, 6.07) is 11.4. The minimum absolute atomic E-state index is 0.0255. The molecule has 0 spiro atoms. The predicted octanol–water partition coefficient (Wildman–Crippen LogP) is 4.35. The van der Waals surface area contributed by atoms with Crippen molar-refractivity contribution in [2.75, 3.05) is 5.32 Å². The molecule has 3 rings (SSSR count). The predicted molar refractivity (Wildman–Crippen MR) is 87.3 cm³/mol. The van der Waals surface area contributed by atoms with E-state index in [9.17, 15) is 14.7 Å². The Balaban J connectivity index is 1.96. The van der Waals surface area contributed by atoms with Gasteiger partial charge >= 0.3 is 5.97 Å². The highest BCUT2D eigenvalue weighted by Gasteiger charge is 2.18. The van der Waals surface area contributed by atoms with Crippen molar-refractivity contribution in [2.45, 2.75) is 6.92 Å². The van der Waals surface area contributed by atoms with Gasteiger partial charge in [-0.1, -0.05) is 23.7 Å². The minimum atomic E-state index is -1.11. The van der Waals surface area contributed by atoms with Crippen LogP contribution in [-0.4, -0.2) is 17.0 Å². The number of carbonyl (C=O) groups excluding carboxylic acids is 1. The number of amides is 1. The summed E-state index contributed by atoms with van der Waals surface area (Å²) >= 11 is 5.91. The Morgan fingerprint density at radius 2 is 1.96 bits per heavy atom. The van der Waals surface area contributed by atoms with E-state index in [-0.39, 0.29) is 17.0 Å². The third-order valence-corrected chi connectivity index (χ3v) is 3.68.